The van der Waals surface area contributed by atoms with Gasteiger partial charge < -0.3 is 10.0 Å². The first-order valence-electron chi connectivity index (χ1n) is 7.98. The number of piperazine rings is 1. The van der Waals surface area contributed by atoms with Crippen LogP contribution in [-0.2, 0) is 14.1 Å². The molecule has 0 saturated carbocycles. The van der Waals surface area contributed by atoms with E-state index in [1.165, 1.54) is 11.6 Å². The molecule has 0 aromatic carbocycles. The monoisotopic (exact) mass is 335 g/mol. The normalized spacial score (nSPS) is 19.4. The molecule has 0 spiro atoms. The highest BCUT2D eigenvalue weighted by atomic mass is 16.3. The third-order valence-electron chi connectivity index (χ3n) is 4.34. The number of hydrogen-bond acceptors (Lipinski definition) is 6. The van der Waals surface area contributed by atoms with Crippen molar-refractivity contribution in [2.24, 2.45) is 14.1 Å². The van der Waals surface area contributed by atoms with Crippen molar-refractivity contribution in [1.29, 1.82) is 5.26 Å². The van der Waals surface area contributed by atoms with Gasteiger partial charge in [-0.15, -0.1) is 0 Å². The zero-order valence-electron chi connectivity index (χ0n) is 14.9. The largest absolute Gasteiger partial charge is 0.389 e. The number of anilines is 1. The smallest absolute Gasteiger partial charge is 0.332 e. The van der Waals surface area contributed by atoms with E-state index in [-0.39, 0.29) is 11.6 Å². The van der Waals surface area contributed by atoms with E-state index in [4.69, 9.17) is 0 Å². The number of rotatable bonds is 3. The average molecular weight is 335 g/mol. The number of nitriles is 1. The Morgan fingerprint density at radius 3 is 2.38 bits per heavy atom. The van der Waals surface area contributed by atoms with Crippen LogP contribution in [0.15, 0.2) is 9.59 Å². The van der Waals surface area contributed by atoms with Crippen molar-refractivity contribution < 1.29 is 5.11 Å². The fourth-order valence-electron chi connectivity index (χ4n) is 3.31. The Morgan fingerprint density at radius 1 is 1.25 bits per heavy atom. The molecule has 0 aliphatic carbocycles. The topological polar surface area (TPSA) is 94.5 Å². The standard InChI is InChI=1S/C16H25N5O3/c1-11-9-20(10-16(2,3)24)6-7-21(11)13-12(8-17)14(22)19(5)15(23)18(13)4/h11,24H,6-7,9-10H2,1-5H3. The Bertz CT molecular complexity index is 781. The maximum Gasteiger partial charge on any atom is 0.332 e. The molecule has 24 heavy (non-hydrogen) atoms. The predicted molar refractivity (Wildman–Crippen MR) is 91.2 cm³/mol. The molecular formula is C16H25N5O3. The summed E-state index contributed by atoms with van der Waals surface area (Å²) in [6.45, 7) is 8.00. The molecule has 1 unspecified atom stereocenters. The minimum atomic E-state index is -0.782. The summed E-state index contributed by atoms with van der Waals surface area (Å²) in [6, 6.07) is 1.96. The number of aromatic nitrogens is 2. The van der Waals surface area contributed by atoms with Crippen LogP contribution in [0.1, 0.15) is 26.3 Å². The lowest BCUT2D eigenvalue weighted by Crippen LogP contribution is -2.56. The predicted octanol–water partition coefficient (Wildman–Crippen LogP) is -0.763. The number of β-amino-alcohol motifs (C(OH)–C–C–N with tert-alkyl or cyclic N) is 1. The molecule has 8 heteroatoms. The van der Waals surface area contributed by atoms with Gasteiger partial charge in [0.2, 0.25) is 0 Å². The van der Waals surface area contributed by atoms with Crippen LogP contribution >= 0.6 is 0 Å². The van der Waals surface area contributed by atoms with Crippen LogP contribution in [0.4, 0.5) is 5.82 Å². The van der Waals surface area contributed by atoms with E-state index in [1.807, 2.05) is 17.9 Å². The Morgan fingerprint density at radius 2 is 1.88 bits per heavy atom. The van der Waals surface area contributed by atoms with Crippen LogP contribution in [0.25, 0.3) is 0 Å². The summed E-state index contributed by atoms with van der Waals surface area (Å²) in [5, 5.41) is 19.4. The van der Waals surface area contributed by atoms with Crippen LogP contribution in [0.5, 0.6) is 0 Å². The van der Waals surface area contributed by atoms with Gasteiger partial charge in [0.05, 0.1) is 5.60 Å². The Kier molecular flexibility index (Phi) is 4.87. The molecule has 1 aliphatic rings. The van der Waals surface area contributed by atoms with Gasteiger partial charge in [0.1, 0.15) is 11.9 Å². The van der Waals surface area contributed by atoms with Gasteiger partial charge in [0.25, 0.3) is 5.56 Å². The second kappa shape index (κ2) is 6.42. The van der Waals surface area contributed by atoms with E-state index in [0.29, 0.717) is 32.0 Å². The molecule has 1 N–H and O–H groups in total. The third-order valence-corrected chi connectivity index (χ3v) is 4.34. The van der Waals surface area contributed by atoms with E-state index in [2.05, 4.69) is 4.90 Å². The lowest BCUT2D eigenvalue weighted by Gasteiger charge is -2.43. The van der Waals surface area contributed by atoms with E-state index in [0.717, 1.165) is 4.57 Å². The quantitative estimate of drug-likeness (QED) is 0.780. The molecule has 2 rings (SSSR count). The second-order valence-corrected chi connectivity index (χ2v) is 7.11. The molecule has 1 aromatic rings. The summed E-state index contributed by atoms with van der Waals surface area (Å²) >= 11 is 0. The summed E-state index contributed by atoms with van der Waals surface area (Å²) in [7, 11) is 2.95. The summed E-state index contributed by atoms with van der Waals surface area (Å²) < 4.78 is 2.32. The van der Waals surface area contributed by atoms with Crippen LogP contribution in [0.2, 0.25) is 0 Å². The van der Waals surface area contributed by atoms with Gasteiger partial charge in [-0.2, -0.15) is 5.26 Å². The fraction of sp³-hybridized carbons (Fsp3) is 0.688. The highest BCUT2D eigenvalue weighted by Crippen LogP contribution is 2.22. The van der Waals surface area contributed by atoms with Gasteiger partial charge >= 0.3 is 5.69 Å². The SMILES string of the molecule is CC1CN(CC(C)(C)O)CCN1c1c(C#N)c(=O)n(C)c(=O)n1C. The molecule has 1 aromatic heterocycles. The second-order valence-electron chi connectivity index (χ2n) is 7.11. The maximum absolute atomic E-state index is 12.3. The molecule has 2 heterocycles. The van der Waals surface area contributed by atoms with E-state index >= 15 is 0 Å². The van der Waals surface area contributed by atoms with Crippen molar-refractivity contribution >= 4 is 5.82 Å². The van der Waals surface area contributed by atoms with E-state index in [9.17, 15) is 20.0 Å². The lowest BCUT2D eigenvalue weighted by molar-refractivity contribution is 0.0306. The summed E-state index contributed by atoms with van der Waals surface area (Å²) in [5.41, 5.74) is -1.81. The van der Waals surface area contributed by atoms with Gasteiger partial charge in [-0.1, -0.05) is 0 Å². The highest BCUT2D eigenvalue weighted by molar-refractivity contribution is 5.54. The lowest BCUT2D eigenvalue weighted by atomic mass is 10.1. The van der Waals surface area contributed by atoms with E-state index < -0.39 is 16.9 Å². The van der Waals surface area contributed by atoms with Crippen LogP contribution in [-0.4, -0.2) is 57.0 Å². The van der Waals surface area contributed by atoms with Crippen molar-refractivity contribution in [3.8, 4) is 6.07 Å². The van der Waals surface area contributed by atoms with Crippen LogP contribution < -0.4 is 16.1 Å². The van der Waals surface area contributed by atoms with Crippen molar-refractivity contribution in [2.45, 2.75) is 32.4 Å². The summed E-state index contributed by atoms with van der Waals surface area (Å²) in [4.78, 5) is 28.6. The van der Waals surface area contributed by atoms with Crippen molar-refractivity contribution in [3.05, 3.63) is 26.4 Å². The van der Waals surface area contributed by atoms with Gasteiger partial charge in [-0.25, -0.2) is 4.79 Å². The number of nitrogens with zero attached hydrogens (tertiary/aromatic N) is 5. The molecule has 0 bridgehead atoms. The Balaban J connectivity index is 2.40. The van der Waals surface area contributed by atoms with E-state index in [1.54, 1.807) is 20.9 Å². The minimum Gasteiger partial charge on any atom is -0.389 e. The molecule has 132 valence electrons. The Hall–Kier alpha value is -2.11. The molecule has 1 fully saturated rings. The molecule has 1 saturated heterocycles. The van der Waals surface area contributed by atoms with Crippen LogP contribution in [0.3, 0.4) is 0 Å². The van der Waals surface area contributed by atoms with Crippen molar-refractivity contribution in [2.75, 3.05) is 31.1 Å². The summed E-state index contributed by atoms with van der Waals surface area (Å²) in [6.07, 6.45) is 0. The third kappa shape index (κ3) is 3.37. The molecule has 0 radical (unpaired) electrons. The van der Waals surface area contributed by atoms with Gasteiger partial charge in [-0.3, -0.25) is 18.8 Å². The first-order chi connectivity index (χ1) is 11.1. The van der Waals surface area contributed by atoms with Crippen molar-refractivity contribution in [3.63, 3.8) is 0 Å². The van der Waals surface area contributed by atoms with Crippen LogP contribution in [0, 0.1) is 11.3 Å². The average Bonchev–Trinajstić information content (AvgIpc) is 2.48. The first-order valence-corrected chi connectivity index (χ1v) is 7.98. The molecular weight excluding hydrogens is 310 g/mol. The molecule has 1 atom stereocenters. The highest BCUT2D eigenvalue weighted by Gasteiger charge is 2.31. The van der Waals surface area contributed by atoms with Gasteiger partial charge in [0.15, 0.2) is 5.56 Å². The number of hydrogen-bond donors (Lipinski definition) is 1. The maximum atomic E-state index is 12.3. The zero-order valence-corrected chi connectivity index (χ0v) is 14.9. The fourth-order valence-corrected chi connectivity index (χ4v) is 3.31. The molecule has 8 nitrogen and oxygen atoms in total. The minimum absolute atomic E-state index is 0.00547. The Labute approximate surface area is 141 Å². The number of aliphatic hydroxyl groups is 1. The first kappa shape index (κ1) is 18.2. The zero-order chi connectivity index (χ0) is 18.2. The molecule has 1 aliphatic heterocycles. The van der Waals surface area contributed by atoms with Gasteiger partial charge in [-0.05, 0) is 20.8 Å². The van der Waals surface area contributed by atoms with Gasteiger partial charge in [0, 0.05) is 46.3 Å². The molecule has 0 amide bonds. The summed E-state index contributed by atoms with van der Waals surface area (Å²) in [5.74, 6) is 0.376. The van der Waals surface area contributed by atoms with Crippen molar-refractivity contribution in [1.82, 2.24) is 14.0 Å².